The summed E-state index contributed by atoms with van der Waals surface area (Å²) in [5, 5.41) is 6.96. The lowest BCUT2D eigenvalue weighted by molar-refractivity contribution is -0.113. The third-order valence-electron chi connectivity index (χ3n) is 5.44. The molecule has 1 aliphatic heterocycles. The molecule has 0 bridgehead atoms. The highest BCUT2D eigenvalue weighted by atomic mass is 32.2. The monoisotopic (exact) mass is 473 g/mol. The fourth-order valence-corrected chi connectivity index (χ4v) is 4.70. The summed E-state index contributed by atoms with van der Waals surface area (Å²) in [6.45, 7) is 1.33. The number of carbonyl (C=O) groups is 2. The van der Waals surface area contributed by atoms with Crippen LogP contribution in [0.3, 0.4) is 0 Å². The molecule has 172 valence electrons. The minimum Gasteiger partial charge on any atom is -0.454 e. The van der Waals surface area contributed by atoms with Crippen molar-refractivity contribution in [1.29, 1.82) is 0 Å². The first-order chi connectivity index (χ1) is 16.7. The van der Waals surface area contributed by atoms with Crippen molar-refractivity contribution in [3.05, 3.63) is 84.6 Å². The average molecular weight is 474 g/mol. The van der Waals surface area contributed by atoms with Gasteiger partial charge in [-0.05, 0) is 30.3 Å². The number of hydrogen-bond donors (Lipinski definition) is 2. The van der Waals surface area contributed by atoms with E-state index in [1.165, 1.54) is 11.8 Å². The summed E-state index contributed by atoms with van der Waals surface area (Å²) in [7, 11) is 0. The number of carbonyl (C=O) groups excluding carboxylic acids is 2. The van der Waals surface area contributed by atoms with E-state index in [9.17, 15) is 9.59 Å². The maximum Gasteiger partial charge on any atom is 0.251 e. The maximum atomic E-state index is 12.6. The zero-order valence-corrected chi connectivity index (χ0v) is 19.1. The molecule has 0 atom stereocenters. The minimum absolute atomic E-state index is 0.0909. The molecular formula is C26H23N3O4S. The van der Waals surface area contributed by atoms with Crippen molar-refractivity contribution in [2.24, 2.45) is 0 Å². The van der Waals surface area contributed by atoms with Crippen LogP contribution in [0.2, 0.25) is 0 Å². The lowest BCUT2D eigenvalue weighted by atomic mass is 10.2. The van der Waals surface area contributed by atoms with Gasteiger partial charge in [-0.1, -0.05) is 36.4 Å². The van der Waals surface area contributed by atoms with Gasteiger partial charge in [0.2, 0.25) is 12.7 Å². The number of nitrogens with one attached hydrogen (secondary N) is 2. The predicted molar refractivity (Wildman–Crippen MR) is 133 cm³/mol. The van der Waals surface area contributed by atoms with Crippen molar-refractivity contribution in [2.75, 3.05) is 24.4 Å². The predicted octanol–water partition coefficient (Wildman–Crippen LogP) is 4.53. The first kappa shape index (κ1) is 21.9. The largest absolute Gasteiger partial charge is 0.454 e. The molecule has 7 nitrogen and oxygen atoms in total. The molecule has 2 amide bonds. The number of nitrogens with zero attached hydrogens (tertiary/aromatic N) is 1. The molecule has 3 aromatic carbocycles. The summed E-state index contributed by atoms with van der Waals surface area (Å²) < 4.78 is 12.8. The molecule has 0 saturated heterocycles. The number of ether oxygens (including phenoxy) is 2. The Hall–Kier alpha value is -3.91. The van der Waals surface area contributed by atoms with E-state index in [4.69, 9.17) is 9.47 Å². The van der Waals surface area contributed by atoms with Gasteiger partial charge in [0.05, 0.1) is 5.75 Å². The SMILES string of the molecule is O=C(CSc1cn(CCNC(=O)c2ccccc2)c2ccccc12)Nc1ccc2c(c1)OCO2. The van der Waals surface area contributed by atoms with Crippen LogP contribution in [0.5, 0.6) is 11.5 Å². The first-order valence-electron chi connectivity index (χ1n) is 10.9. The molecule has 0 saturated carbocycles. The van der Waals surface area contributed by atoms with Gasteiger partial charge in [-0.15, -0.1) is 11.8 Å². The van der Waals surface area contributed by atoms with Gasteiger partial charge >= 0.3 is 0 Å². The molecule has 34 heavy (non-hydrogen) atoms. The number of hydrogen-bond acceptors (Lipinski definition) is 5. The molecule has 1 aliphatic rings. The summed E-state index contributed by atoms with van der Waals surface area (Å²) in [4.78, 5) is 25.9. The van der Waals surface area contributed by atoms with E-state index >= 15 is 0 Å². The number of thioether (sulfide) groups is 1. The van der Waals surface area contributed by atoms with Crippen LogP contribution < -0.4 is 20.1 Å². The van der Waals surface area contributed by atoms with E-state index in [-0.39, 0.29) is 24.4 Å². The van der Waals surface area contributed by atoms with E-state index < -0.39 is 0 Å². The molecule has 5 rings (SSSR count). The molecule has 0 aliphatic carbocycles. The van der Waals surface area contributed by atoms with Crippen LogP contribution in [0.15, 0.2) is 83.9 Å². The van der Waals surface area contributed by atoms with E-state index in [2.05, 4.69) is 15.2 Å². The molecule has 1 aromatic heterocycles. The zero-order chi connectivity index (χ0) is 23.3. The molecule has 2 heterocycles. The second-order valence-electron chi connectivity index (χ2n) is 7.73. The highest BCUT2D eigenvalue weighted by Crippen LogP contribution is 2.34. The quantitative estimate of drug-likeness (QED) is 0.368. The number of anilines is 1. The van der Waals surface area contributed by atoms with Crippen LogP contribution in [0.1, 0.15) is 10.4 Å². The Kier molecular flexibility index (Phi) is 6.40. The summed E-state index contributed by atoms with van der Waals surface area (Å²) in [5.41, 5.74) is 2.38. The van der Waals surface area contributed by atoms with Crippen molar-refractivity contribution in [3.8, 4) is 11.5 Å². The van der Waals surface area contributed by atoms with Crippen molar-refractivity contribution in [1.82, 2.24) is 9.88 Å². The number of rotatable bonds is 8. The third-order valence-corrected chi connectivity index (χ3v) is 6.48. The smallest absolute Gasteiger partial charge is 0.251 e. The fraction of sp³-hybridized carbons (Fsp3) is 0.154. The number of aromatic nitrogens is 1. The van der Waals surface area contributed by atoms with Gasteiger partial charge in [0.1, 0.15) is 0 Å². The van der Waals surface area contributed by atoms with Crippen LogP contribution in [0.4, 0.5) is 5.69 Å². The summed E-state index contributed by atoms with van der Waals surface area (Å²) in [6.07, 6.45) is 2.04. The minimum atomic E-state index is -0.101. The number of para-hydroxylation sites is 1. The number of fused-ring (bicyclic) bond motifs is 2. The van der Waals surface area contributed by atoms with E-state index in [0.29, 0.717) is 35.8 Å². The third kappa shape index (κ3) is 4.87. The van der Waals surface area contributed by atoms with E-state index in [1.807, 2.05) is 48.7 Å². The Morgan fingerprint density at radius 2 is 1.74 bits per heavy atom. The first-order valence-corrected chi connectivity index (χ1v) is 11.9. The highest BCUT2D eigenvalue weighted by Gasteiger charge is 2.15. The molecule has 0 spiro atoms. The van der Waals surface area contributed by atoms with Gasteiger partial charge < -0.3 is 24.7 Å². The van der Waals surface area contributed by atoms with Crippen molar-refractivity contribution in [3.63, 3.8) is 0 Å². The lowest BCUT2D eigenvalue weighted by Gasteiger charge is -2.07. The zero-order valence-electron chi connectivity index (χ0n) is 18.3. The van der Waals surface area contributed by atoms with Crippen molar-refractivity contribution < 1.29 is 19.1 Å². The Morgan fingerprint density at radius 1 is 0.941 bits per heavy atom. The molecular weight excluding hydrogens is 450 g/mol. The Labute approximate surface area is 201 Å². The summed E-state index contributed by atoms with van der Waals surface area (Å²) >= 11 is 1.48. The van der Waals surface area contributed by atoms with Gasteiger partial charge in [0.15, 0.2) is 11.5 Å². The Bertz CT molecular complexity index is 1340. The van der Waals surface area contributed by atoms with Crippen LogP contribution in [0.25, 0.3) is 10.9 Å². The maximum absolute atomic E-state index is 12.6. The second-order valence-corrected chi connectivity index (χ2v) is 8.75. The molecule has 4 aromatic rings. The summed E-state index contributed by atoms with van der Waals surface area (Å²) in [5.74, 6) is 1.39. The van der Waals surface area contributed by atoms with Gasteiger partial charge in [-0.2, -0.15) is 0 Å². The van der Waals surface area contributed by atoms with E-state index in [0.717, 1.165) is 15.8 Å². The summed E-state index contributed by atoms with van der Waals surface area (Å²) in [6, 6.07) is 22.6. The topological polar surface area (TPSA) is 81.6 Å². The normalized spacial score (nSPS) is 12.0. The molecule has 0 unspecified atom stereocenters. The number of amides is 2. The lowest BCUT2D eigenvalue weighted by Crippen LogP contribution is -2.26. The average Bonchev–Trinajstić information content (AvgIpc) is 3.48. The number of benzene rings is 3. The van der Waals surface area contributed by atoms with Gasteiger partial charge in [-0.3, -0.25) is 9.59 Å². The van der Waals surface area contributed by atoms with Crippen molar-refractivity contribution in [2.45, 2.75) is 11.4 Å². The van der Waals surface area contributed by atoms with Gasteiger partial charge in [0, 0.05) is 52.4 Å². The van der Waals surface area contributed by atoms with Crippen LogP contribution in [-0.2, 0) is 11.3 Å². The fourth-order valence-electron chi connectivity index (χ4n) is 3.81. The van der Waals surface area contributed by atoms with Gasteiger partial charge in [-0.25, -0.2) is 0 Å². The molecule has 0 fully saturated rings. The van der Waals surface area contributed by atoms with Crippen LogP contribution in [0, 0.1) is 0 Å². The second kappa shape index (κ2) is 9.93. The molecule has 0 radical (unpaired) electrons. The highest BCUT2D eigenvalue weighted by molar-refractivity contribution is 8.00. The molecule has 8 heteroatoms. The Morgan fingerprint density at radius 3 is 2.62 bits per heavy atom. The van der Waals surface area contributed by atoms with Crippen LogP contribution in [-0.4, -0.2) is 35.5 Å². The van der Waals surface area contributed by atoms with Gasteiger partial charge in [0.25, 0.3) is 5.91 Å². The molecule has 2 N–H and O–H groups in total. The Balaban J connectivity index is 1.21. The van der Waals surface area contributed by atoms with Crippen molar-refractivity contribution >= 4 is 40.2 Å². The van der Waals surface area contributed by atoms with E-state index in [1.54, 1.807) is 30.3 Å². The standard InChI is InChI=1S/C26H23N3O4S/c30-25(28-19-10-11-22-23(14-19)33-17-32-22)16-34-24-15-29(21-9-5-4-8-20(21)24)13-12-27-26(31)18-6-2-1-3-7-18/h1-11,14-15H,12-13,16-17H2,(H,27,31)(H,28,30). The van der Waals surface area contributed by atoms with Crippen LogP contribution >= 0.6 is 11.8 Å².